The smallest absolute Gasteiger partial charge is 0.435 e. The maximum Gasteiger partial charge on any atom is 0.605 e. The number of carbonyl (C=O) groups is 2. The van der Waals surface area contributed by atoms with Gasteiger partial charge in [-0.2, -0.15) is 0 Å². The van der Waals surface area contributed by atoms with E-state index in [9.17, 15) is 9.59 Å². The van der Waals surface area contributed by atoms with Crippen LogP contribution in [0.15, 0.2) is 12.2 Å². The van der Waals surface area contributed by atoms with Crippen molar-refractivity contribution in [2.24, 2.45) is 0 Å². The Kier molecular flexibility index (Phi) is 4.49. The predicted molar refractivity (Wildman–Crippen MR) is 71.4 cm³/mol. The van der Waals surface area contributed by atoms with E-state index in [2.05, 4.69) is 6.58 Å². The van der Waals surface area contributed by atoms with Gasteiger partial charge in [-0.1, -0.05) is 6.58 Å². The molecule has 0 aliphatic carbocycles. The third-order valence-corrected chi connectivity index (χ3v) is 6.30. The summed E-state index contributed by atoms with van der Waals surface area (Å²) in [6.45, 7) is 5.16. The Morgan fingerprint density at radius 3 is 2.67 bits per heavy atom. The highest BCUT2D eigenvalue weighted by Gasteiger charge is 2.67. The predicted octanol–water partition coefficient (Wildman–Crippen LogP) is 0.157. The molecule has 0 aromatic rings. The van der Waals surface area contributed by atoms with Crippen molar-refractivity contribution < 1.29 is 32.3 Å². The minimum atomic E-state index is -3.35. The summed E-state index contributed by atoms with van der Waals surface area (Å²) in [6.07, 6.45) is 0.902. The number of fused-ring (bicyclic) bond motifs is 1. The second kappa shape index (κ2) is 5.85. The molecule has 2 fully saturated rings. The number of carbonyl (C=O) groups excluding carboxylic acids is 2. The van der Waals surface area contributed by atoms with Gasteiger partial charge in [-0.25, -0.2) is 14.2 Å². The molecule has 2 saturated heterocycles. The van der Waals surface area contributed by atoms with E-state index in [1.807, 2.05) is 0 Å². The molecule has 2 rings (SSSR count). The van der Waals surface area contributed by atoms with E-state index in [1.54, 1.807) is 4.57 Å². The number of esters is 2. The van der Waals surface area contributed by atoms with Gasteiger partial charge in [0.25, 0.3) is 5.72 Å². The van der Waals surface area contributed by atoms with Crippen molar-refractivity contribution in [1.82, 2.24) is 4.57 Å². The van der Waals surface area contributed by atoms with Crippen LogP contribution < -0.4 is 0 Å². The van der Waals surface area contributed by atoms with Crippen molar-refractivity contribution in [2.75, 3.05) is 27.6 Å². The van der Waals surface area contributed by atoms with Gasteiger partial charge in [0, 0.05) is 32.8 Å². The normalized spacial score (nSPS) is 28.4. The van der Waals surface area contributed by atoms with Gasteiger partial charge in [0.15, 0.2) is 6.79 Å². The first-order valence-corrected chi connectivity index (χ1v) is 8.17. The van der Waals surface area contributed by atoms with Crippen LogP contribution in [0.2, 0.25) is 0 Å². The molecule has 2 aliphatic heterocycles. The van der Waals surface area contributed by atoms with Crippen molar-refractivity contribution >= 4 is 20.9 Å². The zero-order chi connectivity index (χ0) is 15.7. The molecular weight excluding hydrogens is 298 g/mol. The molecule has 0 N–H and O–H groups in total. The second-order valence-corrected chi connectivity index (χ2v) is 7.53. The third-order valence-electron chi connectivity index (χ3n) is 3.54. The molecule has 0 aromatic heterocycles. The van der Waals surface area contributed by atoms with Crippen molar-refractivity contribution in [3.63, 3.8) is 0 Å². The summed E-state index contributed by atoms with van der Waals surface area (Å²) in [4.78, 5) is 24.3. The zero-order valence-electron chi connectivity index (χ0n) is 12.3. The van der Waals surface area contributed by atoms with Gasteiger partial charge in [-0.05, 0) is 13.3 Å². The maximum absolute atomic E-state index is 12.4. The first-order chi connectivity index (χ1) is 9.92. The highest BCUT2D eigenvalue weighted by molar-refractivity contribution is 6.58. The van der Waals surface area contributed by atoms with Crippen LogP contribution in [0.5, 0.6) is 0 Å². The van der Waals surface area contributed by atoms with Gasteiger partial charge in [0.05, 0.1) is 0 Å². The molecule has 0 aromatic carbocycles. The lowest BCUT2D eigenvalue weighted by Gasteiger charge is -2.39. The fourth-order valence-electron chi connectivity index (χ4n) is 2.52. The highest BCUT2D eigenvalue weighted by Crippen LogP contribution is 2.39. The van der Waals surface area contributed by atoms with Gasteiger partial charge >= 0.3 is 20.9 Å². The Bertz CT molecular complexity index is 465. The topological polar surface area (TPSA) is 83.5 Å². The van der Waals surface area contributed by atoms with Gasteiger partial charge < -0.3 is 22.8 Å². The molecule has 21 heavy (non-hydrogen) atoms. The van der Waals surface area contributed by atoms with Crippen LogP contribution in [0.25, 0.3) is 0 Å². The number of rotatable bonds is 4. The van der Waals surface area contributed by atoms with Crippen LogP contribution >= 0.6 is 0 Å². The quantitative estimate of drug-likeness (QED) is 0.412. The van der Waals surface area contributed by atoms with E-state index in [0.717, 1.165) is 0 Å². The molecule has 0 spiro atoms. The summed E-state index contributed by atoms with van der Waals surface area (Å²) in [5.74, 6) is -1.35. The zero-order valence-corrected chi connectivity index (χ0v) is 13.3. The van der Waals surface area contributed by atoms with E-state index in [4.69, 9.17) is 22.8 Å². The highest BCUT2D eigenvalue weighted by atomic mass is 28.4. The molecule has 118 valence electrons. The fourth-order valence-corrected chi connectivity index (χ4v) is 4.85. The molecule has 1 unspecified atom stereocenters. The standard InChI is InChI=1S/C12H19NO7Si/c1-9(2)10(14)20-12-6-5-7-13(12)21(16-3,17-4)19-8-18-11(12)15/h1,5-8H2,2-4H3. The monoisotopic (exact) mass is 317 g/mol. The minimum Gasteiger partial charge on any atom is -0.435 e. The average molecular weight is 317 g/mol. The van der Waals surface area contributed by atoms with E-state index in [0.29, 0.717) is 13.0 Å². The molecule has 0 amide bonds. The summed E-state index contributed by atoms with van der Waals surface area (Å²) in [7, 11) is -0.495. The number of hydrogen-bond acceptors (Lipinski definition) is 8. The van der Waals surface area contributed by atoms with E-state index < -0.39 is 26.6 Å². The summed E-state index contributed by atoms with van der Waals surface area (Å²) in [5, 5.41) is 0. The third kappa shape index (κ3) is 2.51. The molecule has 1 atom stereocenters. The number of hydrogen-bond donors (Lipinski definition) is 0. The van der Waals surface area contributed by atoms with E-state index in [1.165, 1.54) is 21.1 Å². The molecule has 0 bridgehead atoms. The summed E-state index contributed by atoms with van der Waals surface area (Å²) < 4.78 is 28.3. The van der Waals surface area contributed by atoms with E-state index >= 15 is 0 Å². The van der Waals surface area contributed by atoms with Gasteiger partial charge in [0.2, 0.25) is 0 Å². The minimum absolute atomic E-state index is 0.191. The van der Waals surface area contributed by atoms with Crippen LogP contribution in [0.3, 0.4) is 0 Å². The Morgan fingerprint density at radius 1 is 1.43 bits per heavy atom. The Hall–Kier alpha value is -1.26. The lowest BCUT2D eigenvalue weighted by Crippen LogP contribution is -2.67. The fraction of sp³-hybridized carbons (Fsp3) is 0.667. The Morgan fingerprint density at radius 2 is 2.10 bits per heavy atom. The molecule has 0 saturated carbocycles. The van der Waals surface area contributed by atoms with Crippen LogP contribution in [-0.4, -0.2) is 58.8 Å². The van der Waals surface area contributed by atoms with Crippen molar-refractivity contribution in [2.45, 2.75) is 25.5 Å². The summed E-state index contributed by atoms with van der Waals surface area (Å²) in [6, 6.07) is 0. The van der Waals surface area contributed by atoms with Crippen molar-refractivity contribution in [3.05, 3.63) is 12.2 Å². The maximum atomic E-state index is 12.4. The van der Waals surface area contributed by atoms with Crippen LogP contribution in [-0.2, 0) is 32.3 Å². The molecule has 2 heterocycles. The van der Waals surface area contributed by atoms with Gasteiger partial charge in [-0.15, -0.1) is 0 Å². The second-order valence-electron chi connectivity index (χ2n) is 4.84. The van der Waals surface area contributed by atoms with Crippen LogP contribution in [0, 0.1) is 0 Å². The molecule has 2 aliphatic rings. The first kappa shape index (κ1) is 16.1. The van der Waals surface area contributed by atoms with Crippen LogP contribution in [0.4, 0.5) is 0 Å². The number of cyclic esters (lactones) is 1. The molecule has 8 nitrogen and oxygen atoms in total. The summed E-state index contributed by atoms with van der Waals surface area (Å²) in [5.41, 5.74) is -1.39. The molecule has 9 heteroatoms. The first-order valence-electron chi connectivity index (χ1n) is 6.50. The summed E-state index contributed by atoms with van der Waals surface area (Å²) >= 11 is 0. The van der Waals surface area contributed by atoms with Gasteiger partial charge in [0.1, 0.15) is 0 Å². The van der Waals surface area contributed by atoms with E-state index in [-0.39, 0.29) is 18.8 Å². The Balaban J connectivity index is 2.44. The largest absolute Gasteiger partial charge is 0.605 e. The molecular formula is C12H19NO7Si. The number of ether oxygens (including phenoxy) is 2. The van der Waals surface area contributed by atoms with Crippen LogP contribution in [0.1, 0.15) is 19.8 Å². The lowest BCUT2D eigenvalue weighted by molar-refractivity contribution is -0.193. The molecule has 0 radical (unpaired) electrons. The van der Waals surface area contributed by atoms with Crippen molar-refractivity contribution in [3.8, 4) is 0 Å². The van der Waals surface area contributed by atoms with Gasteiger partial charge in [-0.3, -0.25) is 0 Å². The van der Waals surface area contributed by atoms with Crippen molar-refractivity contribution in [1.29, 1.82) is 0 Å². The average Bonchev–Trinajstić information content (AvgIpc) is 2.85. The number of nitrogens with zero attached hydrogens (tertiary/aromatic N) is 1. The SMILES string of the molecule is C=C(C)C(=O)OC12CCCN1[Si](OC)(OC)OCOC2=O. The Labute approximate surface area is 124 Å². The lowest BCUT2D eigenvalue weighted by atomic mass is 10.1.